The van der Waals surface area contributed by atoms with E-state index in [1.54, 1.807) is 0 Å². The van der Waals surface area contributed by atoms with Gasteiger partial charge in [0.1, 0.15) is 0 Å². The molecule has 0 unspecified atom stereocenters. The third kappa shape index (κ3) is 4.69. The standard InChI is InChI=1S/C14H21BrN2O/c15-13-5-3-12(4-6-13)9-16-10-14(18)11-17-7-1-2-8-17/h3-6,14,16,18H,1-2,7-11H2/t14-/m1/s1. The van der Waals surface area contributed by atoms with E-state index in [1.165, 1.54) is 18.4 Å². The van der Waals surface area contributed by atoms with Crippen LogP contribution in [0, 0.1) is 0 Å². The Morgan fingerprint density at radius 1 is 1.22 bits per heavy atom. The van der Waals surface area contributed by atoms with Crippen LogP contribution in [-0.2, 0) is 6.54 Å². The van der Waals surface area contributed by atoms with Crippen LogP contribution in [0.2, 0.25) is 0 Å². The second kappa shape index (κ2) is 7.24. The molecular weight excluding hydrogens is 292 g/mol. The van der Waals surface area contributed by atoms with E-state index in [0.717, 1.165) is 30.7 Å². The zero-order valence-electron chi connectivity index (χ0n) is 10.6. The summed E-state index contributed by atoms with van der Waals surface area (Å²) in [7, 11) is 0. The molecule has 1 fully saturated rings. The molecule has 2 N–H and O–H groups in total. The Hall–Kier alpha value is -0.420. The highest BCUT2D eigenvalue weighted by Crippen LogP contribution is 2.10. The number of hydrogen-bond acceptors (Lipinski definition) is 3. The fourth-order valence-corrected chi connectivity index (χ4v) is 2.58. The number of rotatable bonds is 6. The first-order valence-corrected chi connectivity index (χ1v) is 7.39. The highest BCUT2D eigenvalue weighted by atomic mass is 79.9. The van der Waals surface area contributed by atoms with Crippen molar-refractivity contribution in [3.05, 3.63) is 34.3 Å². The highest BCUT2D eigenvalue weighted by molar-refractivity contribution is 9.10. The van der Waals surface area contributed by atoms with Gasteiger partial charge in [-0.1, -0.05) is 28.1 Å². The van der Waals surface area contributed by atoms with Crippen molar-refractivity contribution in [2.24, 2.45) is 0 Å². The lowest BCUT2D eigenvalue weighted by Gasteiger charge is -2.19. The summed E-state index contributed by atoms with van der Waals surface area (Å²) in [6, 6.07) is 8.25. The van der Waals surface area contributed by atoms with Crippen molar-refractivity contribution in [2.45, 2.75) is 25.5 Å². The number of benzene rings is 1. The third-order valence-electron chi connectivity index (χ3n) is 3.29. The Labute approximate surface area is 117 Å². The van der Waals surface area contributed by atoms with Crippen LogP contribution >= 0.6 is 15.9 Å². The van der Waals surface area contributed by atoms with Gasteiger partial charge < -0.3 is 15.3 Å². The summed E-state index contributed by atoms with van der Waals surface area (Å²) < 4.78 is 1.10. The van der Waals surface area contributed by atoms with Gasteiger partial charge in [0.15, 0.2) is 0 Å². The van der Waals surface area contributed by atoms with Crippen molar-refractivity contribution in [2.75, 3.05) is 26.2 Å². The van der Waals surface area contributed by atoms with Crippen molar-refractivity contribution in [1.82, 2.24) is 10.2 Å². The van der Waals surface area contributed by atoms with Gasteiger partial charge in [0.05, 0.1) is 6.10 Å². The van der Waals surface area contributed by atoms with E-state index in [9.17, 15) is 5.11 Å². The van der Waals surface area contributed by atoms with Crippen LogP contribution in [0.5, 0.6) is 0 Å². The molecule has 0 amide bonds. The molecule has 0 aliphatic carbocycles. The Morgan fingerprint density at radius 2 is 1.89 bits per heavy atom. The number of likely N-dealkylation sites (tertiary alicyclic amines) is 1. The fourth-order valence-electron chi connectivity index (χ4n) is 2.31. The smallest absolute Gasteiger partial charge is 0.0791 e. The zero-order chi connectivity index (χ0) is 12.8. The molecule has 0 aromatic heterocycles. The van der Waals surface area contributed by atoms with Crippen LogP contribution in [0.25, 0.3) is 0 Å². The van der Waals surface area contributed by atoms with Crippen molar-refractivity contribution >= 4 is 15.9 Å². The van der Waals surface area contributed by atoms with Gasteiger partial charge in [-0.15, -0.1) is 0 Å². The molecule has 0 spiro atoms. The average molecular weight is 313 g/mol. The van der Waals surface area contributed by atoms with Gasteiger partial charge in [-0.25, -0.2) is 0 Å². The molecule has 1 aromatic carbocycles. The molecule has 1 saturated heterocycles. The number of halogens is 1. The van der Waals surface area contributed by atoms with E-state index in [4.69, 9.17) is 0 Å². The summed E-state index contributed by atoms with van der Waals surface area (Å²) in [5.74, 6) is 0. The molecule has 1 aromatic rings. The molecule has 0 saturated carbocycles. The van der Waals surface area contributed by atoms with Gasteiger partial charge >= 0.3 is 0 Å². The number of nitrogens with zero attached hydrogens (tertiary/aromatic N) is 1. The molecule has 100 valence electrons. The molecule has 0 radical (unpaired) electrons. The molecule has 1 heterocycles. The second-order valence-corrected chi connectivity index (χ2v) is 5.83. The predicted octanol–water partition coefficient (Wildman–Crippen LogP) is 2.00. The maximum Gasteiger partial charge on any atom is 0.0791 e. The Bertz CT molecular complexity index is 349. The summed E-state index contributed by atoms with van der Waals surface area (Å²) >= 11 is 3.42. The van der Waals surface area contributed by atoms with E-state index in [1.807, 2.05) is 12.1 Å². The summed E-state index contributed by atoms with van der Waals surface area (Å²) in [6.45, 7) is 4.55. The molecule has 1 atom stereocenters. The number of nitrogens with one attached hydrogen (secondary N) is 1. The van der Waals surface area contributed by atoms with Gasteiger partial charge in [0.2, 0.25) is 0 Å². The zero-order valence-corrected chi connectivity index (χ0v) is 12.2. The largest absolute Gasteiger partial charge is 0.390 e. The predicted molar refractivity (Wildman–Crippen MR) is 77.5 cm³/mol. The molecule has 4 heteroatoms. The first-order valence-electron chi connectivity index (χ1n) is 6.59. The maximum absolute atomic E-state index is 9.92. The molecule has 1 aliphatic heterocycles. The number of β-amino-alcohol motifs (C(OH)–C–C–N with tert-alkyl or cyclic N) is 1. The Morgan fingerprint density at radius 3 is 2.56 bits per heavy atom. The van der Waals surface area contributed by atoms with Crippen LogP contribution in [0.4, 0.5) is 0 Å². The normalized spacial score (nSPS) is 18.1. The Kier molecular flexibility index (Phi) is 5.63. The topological polar surface area (TPSA) is 35.5 Å². The lowest BCUT2D eigenvalue weighted by Crippen LogP contribution is -2.36. The summed E-state index contributed by atoms with van der Waals surface area (Å²) in [5.41, 5.74) is 1.24. The number of aliphatic hydroxyl groups excluding tert-OH is 1. The molecule has 0 bridgehead atoms. The van der Waals surface area contributed by atoms with E-state index < -0.39 is 0 Å². The first kappa shape index (κ1) is 14.0. The average Bonchev–Trinajstić information content (AvgIpc) is 2.84. The van der Waals surface area contributed by atoms with Crippen molar-refractivity contribution in [3.63, 3.8) is 0 Å². The number of aliphatic hydroxyl groups is 1. The molecule has 1 aliphatic rings. The summed E-state index contributed by atoms with van der Waals surface area (Å²) in [6.07, 6.45) is 2.29. The van der Waals surface area contributed by atoms with Crippen molar-refractivity contribution in [1.29, 1.82) is 0 Å². The molecule has 2 rings (SSSR count). The molecular formula is C14H21BrN2O. The van der Waals surface area contributed by atoms with Gasteiger partial charge in [-0.3, -0.25) is 0 Å². The first-order chi connectivity index (χ1) is 8.74. The van der Waals surface area contributed by atoms with Crippen LogP contribution in [0.1, 0.15) is 18.4 Å². The highest BCUT2D eigenvalue weighted by Gasteiger charge is 2.15. The lowest BCUT2D eigenvalue weighted by molar-refractivity contribution is 0.123. The third-order valence-corrected chi connectivity index (χ3v) is 3.82. The summed E-state index contributed by atoms with van der Waals surface area (Å²) in [5, 5.41) is 13.2. The fraction of sp³-hybridized carbons (Fsp3) is 0.571. The minimum Gasteiger partial charge on any atom is -0.390 e. The van der Waals surface area contributed by atoms with E-state index in [2.05, 4.69) is 38.3 Å². The Balaban J connectivity index is 1.63. The molecule has 18 heavy (non-hydrogen) atoms. The van der Waals surface area contributed by atoms with Crippen molar-refractivity contribution in [3.8, 4) is 0 Å². The lowest BCUT2D eigenvalue weighted by atomic mass is 10.2. The van der Waals surface area contributed by atoms with Crippen LogP contribution < -0.4 is 5.32 Å². The van der Waals surface area contributed by atoms with Crippen LogP contribution in [0.15, 0.2) is 28.7 Å². The monoisotopic (exact) mass is 312 g/mol. The van der Waals surface area contributed by atoms with Gasteiger partial charge in [0.25, 0.3) is 0 Å². The second-order valence-electron chi connectivity index (χ2n) is 4.92. The minimum absolute atomic E-state index is 0.265. The molecule has 3 nitrogen and oxygen atoms in total. The van der Waals surface area contributed by atoms with Gasteiger partial charge in [0, 0.05) is 24.1 Å². The van der Waals surface area contributed by atoms with E-state index in [0.29, 0.717) is 6.54 Å². The van der Waals surface area contributed by atoms with Gasteiger partial charge in [-0.05, 0) is 43.6 Å². The van der Waals surface area contributed by atoms with E-state index >= 15 is 0 Å². The van der Waals surface area contributed by atoms with E-state index in [-0.39, 0.29) is 6.10 Å². The van der Waals surface area contributed by atoms with Crippen LogP contribution in [-0.4, -0.2) is 42.3 Å². The number of hydrogen-bond donors (Lipinski definition) is 2. The van der Waals surface area contributed by atoms with Crippen molar-refractivity contribution < 1.29 is 5.11 Å². The quantitative estimate of drug-likeness (QED) is 0.843. The SMILES string of the molecule is O[C@H](CNCc1ccc(Br)cc1)CN1CCCC1. The maximum atomic E-state index is 9.92. The minimum atomic E-state index is -0.265. The van der Waals surface area contributed by atoms with Gasteiger partial charge in [-0.2, -0.15) is 0 Å². The van der Waals surface area contributed by atoms with Crippen LogP contribution in [0.3, 0.4) is 0 Å². The summed E-state index contributed by atoms with van der Waals surface area (Å²) in [4.78, 5) is 2.34.